The zero-order chi connectivity index (χ0) is 18.4. The third-order valence-electron chi connectivity index (χ3n) is 5.80. The summed E-state index contributed by atoms with van der Waals surface area (Å²) in [5.74, 6) is 0.113. The lowest BCUT2D eigenvalue weighted by atomic mass is 9.88. The predicted molar refractivity (Wildman–Crippen MR) is 105 cm³/mol. The minimum Gasteiger partial charge on any atom is -0.362 e. The normalized spacial score (nSPS) is 20.6. The largest absolute Gasteiger partial charge is 0.362 e. The molecule has 0 bridgehead atoms. The lowest BCUT2D eigenvalue weighted by Crippen LogP contribution is -2.66. The van der Waals surface area contributed by atoms with E-state index in [1.807, 2.05) is 53.4 Å². The summed E-state index contributed by atoms with van der Waals surface area (Å²) >= 11 is 6.03. The van der Waals surface area contributed by atoms with Crippen molar-refractivity contribution < 1.29 is 9.28 Å². The first-order valence-electron chi connectivity index (χ1n) is 9.14. The van der Waals surface area contributed by atoms with E-state index in [1.165, 1.54) is 0 Å². The number of likely N-dealkylation sites (tertiary alicyclic amines) is 1. The highest BCUT2D eigenvalue weighted by Crippen LogP contribution is 2.39. The van der Waals surface area contributed by atoms with Gasteiger partial charge in [0, 0.05) is 30.1 Å². The molecule has 0 unspecified atom stereocenters. The maximum Gasteiger partial charge on any atom is 0.258 e. The molecular formula is C21H25ClN3O+. The first kappa shape index (κ1) is 17.4. The van der Waals surface area contributed by atoms with Gasteiger partial charge in [-0.1, -0.05) is 35.9 Å². The summed E-state index contributed by atoms with van der Waals surface area (Å²) in [6.07, 6.45) is 1.88. The highest BCUT2D eigenvalue weighted by Gasteiger charge is 2.48. The molecule has 2 aromatic carbocycles. The molecule has 0 aromatic heterocycles. The highest BCUT2D eigenvalue weighted by molar-refractivity contribution is 6.30. The fourth-order valence-corrected chi connectivity index (χ4v) is 4.17. The van der Waals surface area contributed by atoms with Crippen LogP contribution < -0.4 is 5.32 Å². The number of halogens is 1. The summed E-state index contributed by atoms with van der Waals surface area (Å²) in [6.45, 7) is 2.67. The van der Waals surface area contributed by atoms with Crippen LogP contribution in [0.2, 0.25) is 5.02 Å². The zero-order valence-electron chi connectivity index (χ0n) is 15.3. The molecule has 2 aliphatic rings. The summed E-state index contributed by atoms with van der Waals surface area (Å²) < 4.78 is 0.994. The fraction of sp³-hybridized carbons (Fsp3) is 0.381. The minimum atomic E-state index is -0.321. The SMILES string of the molecule is C[N+]1(C)CCC2(CC1)Nc1ccccc1C(=O)N2Cc1ccc(Cl)cc1. The van der Waals surface area contributed by atoms with Crippen LogP contribution in [-0.2, 0) is 6.54 Å². The molecule has 5 heteroatoms. The van der Waals surface area contributed by atoms with Crippen molar-refractivity contribution in [3.05, 3.63) is 64.7 Å². The Balaban J connectivity index is 1.72. The van der Waals surface area contributed by atoms with Gasteiger partial charge in [-0.15, -0.1) is 0 Å². The molecule has 4 nitrogen and oxygen atoms in total. The fourth-order valence-electron chi connectivity index (χ4n) is 4.04. The quantitative estimate of drug-likeness (QED) is 0.811. The Morgan fingerprint density at radius 3 is 2.42 bits per heavy atom. The van der Waals surface area contributed by atoms with Crippen molar-refractivity contribution in [3.63, 3.8) is 0 Å². The van der Waals surface area contributed by atoms with Gasteiger partial charge in [0.25, 0.3) is 5.91 Å². The maximum atomic E-state index is 13.4. The predicted octanol–water partition coefficient (Wildman–Crippen LogP) is 3.97. The molecule has 0 atom stereocenters. The number of amides is 1. The second kappa shape index (κ2) is 6.29. The van der Waals surface area contributed by atoms with E-state index in [9.17, 15) is 4.79 Å². The standard InChI is InChI=1S/C21H24ClN3O/c1-25(2)13-11-21(12-14-25)23-19-6-4-3-5-18(19)20(26)24(21)15-16-7-9-17(22)10-8-16/h3-10H,11-15H2,1-2H3/p+1. The topological polar surface area (TPSA) is 32.3 Å². The summed E-state index contributed by atoms with van der Waals surface area (Å²) in [5, 5.41) is 4.45. The average Bonchev–Trinajstić information content (AvgIpc) is 2.63. The molecule has 1 saturated heterocycles. The van der Waals surface area contributed by atoms with Crippen molar-refractivity contribution in [2.75, 3.05) is 32.5 Å². The van der Waals surface area contributed by atoms with Crippen molar-refractivity contribution in [2.24, 2.45) is 0 Å². The van der Waals surface area contributed by atoms with Crippen LogP contribution in [0.15, 0.2) is 48.5 Å². The van der Waals surface area contributed by atoms with Gasteiger partial charge in [-0.2, -0.15) is 0 Å². The molecule has 136 valence electrons. The van der Waals surface area contributed by atoms with Gasteiger partial charge in [-0.05, 0) is 29.8 Å². The molecule has 2 heterocycles. The zero-order valence-corrected chi connectivity index (χ0v) is 16.1. The van der Waals surface area contributed by atoms with Gasteiger partial charge in [0.15, 0.2) is 0 Å². The monoisotopic (exact) mass is 370 g/mol. The van der Waals surface area contributed by atoms with Crippen molar-refractivity contribution in [1.29, 1.82) is 0 Å². The number of quaternary nitrogens is 1. The number of hydrogen-bond acceptors (Lipinski definition) is 2. The third-order valence-corrected chi connectivity index (χ3v) is 6.05. The Hall–Kier alpha value is -2.04. The van der Waals surface area contributed by atoms with E-state index in [0.29, 0.717) is 11.6 Å². The number of hydrogen-bond donors (Lipinski definition) is 1. The Labute approximate surface area is 160 Å². The van der Waals surface area contributed by atoms with Crippen LogP contribution in [0.4, 0.5) is 5.69 Å². The number of carbonyl (C=O) groups is 1. The first-order valence-corrected chi connectivity index (χ1v) is 9.52. The van der Waals surface area contributed by atoms with E-state index in [-0.39, 0.29) is 11.6 Å². The van der Waals surface area contributed by atoms with Crippen molar-refractivity contribution in [2.45, 2.75) is 25.0 Å². The van der Waals surface area contributed by atoms with Crippen LogP contribution in [0.3, 0.4) is 0 Å². The molecular weight excluding hydrogens is 346 g/mol. The summed E-state index contributed by atoms with van der Waals surface area (Å²) in [6, 6.07) is 15.6. The number of nitrogens with one attached hydrogen (secondary N) is 1. The van der Waals surface area contributed by atoms with Crippen LogP contribution in [-0.4, -0.2) is 48.1 Å². The molecule has 1 N–H and O–H groups in total. The van der Waals surface area contributed by atoms with Crippen molar-refractivity contribution in [1.82, 2.24) is 4.90 Å². The number of rotatable bonds is 2. The smallest absolute Gasteiger partial charge is 0.258 e. The summed E-state index contributed by atoms with van der Waals surface area (Å²) in [7, 11) is 4.52. The lowest BCUT2D eigenvalue weighted by molar-refractivity contribution is -0.896. The molecule has 2 aromatic rings. The van der Waals surface area contributed by atoms with Gasteiger partial charge in [0.05, 0.1) is 32.7 Å². The van der Waals surface area contributed by atoms with Gasteiger partial charge in [-0.25, -0.2) is 0 Å². The van der Waals surface area contributed by atoms with E-state index < -0.39 is 0 Å². The third kappa shape index (κ3) is 3.08. The van der Waals surface area contributed by atoms with Crippen molar-refractivity contribution in [3.8, 4) is 0 Å². The highest BCUT2D eigenvalue weighted by atomic mass is 35.5. The lowest BCUT2D eigenvalue weighted by Gasteiger charge is -2.53. The number of anilines is 1. The van der Waals surface area contributed by atoms with Crippen LogP contribution in [0.1, 0.15) is 28.8 Å². The van der Waals surface area contributed by atoms with Gasteiger partial charge in [0.2, 0.25) is 0 Å². The molecule has 4 rings (SSSR count). The maximum absolute atomic E-state index is 13.4. The van der Waals surface area contributed by atoms with Gasteiger partial charge in [-0.3, -0.25) is 4.79 Å². The Kier molecular flexibility index (Phi) is 4.20. The second-order valence-electron chi connectivity index (χ2n) is 8.10. The molecule has 2 aliphatic heterocycles. The molecule has 26 heavy (non-hydrogen) atoms. The molecule has 0 aliphatic carbocycles. The van der Waals surface area contributed by atoms with E-state index in [2.05, 4.69) is 19.4 Å². The molecule has 1 amide bonds. The van der Waals surface area contributed by atoms with Crippen LogP contribution in [0.5, 0.6) is 0 Å². The molecule has 1 spiro atoms. The number of para-hydroxylation sites is 1. The van der Waals surface area contributed by atoms with Gasteiger partial charge >= 0.3 is 0 Å². The van der Waals surface area contributed by atoms with Gasteiger partial charge in [0.1, 0.15) is 5.66 Å². The number of piperidine rings is 1. The number of carbonyl (C=O) groups excluding carboxylic acids is 1. The number of nitrogens with zero attached hydrogens (tertiary/aromatic N) is 2. The first-order chi connectivity index (χ1) is 12.4. The van der Waals surface area contributed by atoms with E-state index in [4.69, 9.17) is 11.6 Å². The van der Waals surface area contributed by atoms with E-state index >= 15 is 0 Å². The summed E-state index contributed by atoms with van der Waals surface area (Å²) in [4.78, 5) is 15.4. The van der Waals surface area contributed by atoms with Crippen LogP contribution in [0.25, 0.3) is 0 Å². The Morgan fingerprint density at radius 2 is 1.73 bits per heavy atom. The Bertz CT molecular complexity index is 821. The molecule has 1 fully saturated rings. The average molecular weight is 371 g/mol. The van der Waals surface area contributed by atoms with E-state index in [0.717, 1.165) is 47.2 Å². The Morgan fingerprint density at radius 1 is 1.08 bits per heavy atom. The van der Waals surface area contributed by atoms with Gasteiger partial charge < -0.3 is 14.7 Å². The number of benzene rings is 2. The van der Waals surface area contributed by atoms with E-state index in [1.54, 1.807) is 0 Å². The van der Waals surface area contributed by atoms with Crippen molar-refractivity contribution >= 4 is 23.2 Å². The second-order valence-corrected chi connectivity index (χ2v) is 8.54. The molecule has 0 saturated carbocycles. The number of fused-ring (bicyclic) bond motifs is 1. The van der Waals surface area contributed by atoms with Crippen LogP contribution in [0, 0.1) is 0 Å². The summed E-state index contributed by atoms with van der Waals surface area (Å²) in [5.41, 5.74) is 2.49. The van der Waals surface area contributed by atoms with Crippen LogP contribution >= 0.6 is 11.6 Å². The minimum absolute atomic E-state index is 0.113. The molecule has 0 radical (unpaired) electrons.